The van der Waals surface area contributed by atoms with Gasteiger partial charge in [0.05, 0.1) is 11.3 Å². The molecule has 4 rings (SSSR count). The highest BCUT2D eigenvalue weighted by molar-refractivity contribution is 7.08. The number of hydrogen-bond acceptors (Lipinski definition) is 8. The number of carboxylic acid groups (broad SMARTS) is 1. The van der Waals surface area contributed by atoms with Crippen LogP contribution in [0.1, 0.15) is 33.7 Å². The number of carboxylic acids is 1. The van der Waals surface area contributed by atoms with Crippen molar-refractivity contribution < 1.29 is 14.7 Å². The molecular weight excluding hydrogens is 392 g/mol. The molecule has 3 aromatic rings. The first-order chi connectivity index (χ1) is 14.0. The molecule has 5 N–H and O–H groups in total. The Morgan fingerprint density at radius 1 is 1.31 bits per heavy atom. The highest BCUT2D eigenvalue weighted by atomic mass is 32.1. The molecule has 9 nitrogen and oxygen atoms in total. The van der Waals surface area contributed by atoms with Crippen LogP contribution in [-0.2, 0) is 4.79 Å². The van der Waals surface area contributed by atoms with Crippen LogP contribution in [0.25, 0.3) is 0 Å². The number of carbonyl (C=O) groups is 2. The normalized spacial score (nSPS) is 16.0. The molecule has 1 aliphatic rings. The van der Waals surface area contributed by atoms with Crippen molar-refractivity contribution in [3.05, 3.63) is 64.1 Å². The zero-order valence-electron chi connectivity index (χ0n) is 15.4. The Morgan fingerprint density at radius 3 is 2.76 bits per heavy atom. The number of primary amides is 1. The van der Waals surface area contributed by atoms with E-state index in [1.165, 1.54) is 23.6 Å². The van der Waals surface area contributed by atoms with Crippen molar-refractivity contribution in [1.82, 2.24) is 9.97 Å². The SMILES string of the molecule is CNc1cc(C(C(N)=O)N2c3c(C(=O)O)ccnc3NC2c2ccsc2)ccn1. The van der Waals surface area contributed by atoms with Crippen molar-refractivity contribution in [2.45, 2.75) is 12.2 Å². The lowest BCUT2D eigenvalue weighted by Crippen LogP contribution is -2.40. The quantitative estimate of drug-likeness (QED) is 0.487. The summed E-state index contributed by atoms with van der Waals surface area (Å²) in [5.74, 6) is -0.781. The summed E-state index contributed by atoms with van der Waals surface area (Å²) >= 11 is 1.50. The predicted octanol–water partition coefficient (Wildman–Crippen LogP) is 2.44. The second-order valence-electron chi connectivity index (χ2n) is 6.40. The van der Waals surface area contributed by atoms with E-state index in [-0.39, 0.29) is 5.56 Å². The summed E-state index contributed by atoms with van der Waals surface area (Å²) in [4.78, 5) is 34.7. The van der Waals surface area contributed by atoms with Crippen molar-refractivity contribution in [2.24, 2.45) is 5.73 Å². The lowest BCUT2D eigenvalue weighted by molar-refractivity contribution is -0.119. The summed E-state index contributed by atoms with van der Waals surface area (Å²) in [6, 6.07) is 5.79. The van der Waals surface area contributed by atoms with E-state index in [0.29, 0.717) is 22.9 Å². The third-order valence-electron chi connectivity index (χ3n) is 4.73. The molecule has 1 amide bonds. The van der Waals surface area contributed by atoms with E-state index in [4.69, 9.17) is 5.73 Å². The Kier molecular flexibility index (Phi) is 4.77. The fourth-order valence-electron chi connectivity index (χ4n) is 3.49. The minimum atomic E-state index is -1.12. The van der Waals surface area contributed by atoms with Crippen LogP contribution in [0.15, 0.2) is 47.4 Å². The van der Waals surface area contributed by atoms with Gasteiger partial charge in [-0.2, -0.15) is 11.3 Å². The van der Waals surface area contributed by atoms with Crippen LogP contribution in [0.5, 0.6) is 0 Å². The minimum Gasteiger partial charge on any atom is -0.478 e. The van der Waals surface area contributed by atoms with Gasteiger partial charge in [0.15, 0.2) is 5.82 Å². The number of thiophene rings is 1. The summed E-state index contributed by atoms with van der Waals surface area (Å²) < 4.78 is 0. The third-order valence-corrected chi connectivity index (χ3v) is 5.43. The maximum Gasteiger partial charge on any atom is 0.338 e. The fourth-order valence-corrected chi connectivity index (χ4v) is 4.17. The van der Waals surface area contributed by atoms with Crippen LogP contribution in [-0.4, -0.2) is 34.0 Å². The lowest BCUT2D eigenvalue weighted by atomic mass is 10.0. The summed E-state index contributed by atoms with van der Waals surface area (Å²) in [6.07, 6.45) is 2.49. The molecule has 0 bridgehead atoms. The van der Waals surface area contributed by atoms with Crippen molar-refractivity contribution in [1.29, 1.82) is 0 Å². The molecule has 0 fully saturated rings. The second-order valence-corrected chi connectivity index (χ2v) is 7.18. The molecule has 29 heavy (non-hydrogen) atoms. The molecule has 2 atom stereocenters. The Hall–Kier alpha value is -3.66. The Labute approximate surface area is 170 Å². The molecule has 148 valence electrons. The van der Waals surface area contributed by atoms with Gasteiger partial charge in [0.25, 0.3) is 0 Å². The number of aromatic carboxylic acids is 1. The molecule has 0 saturated heterocycles. The number of nitrogens with two attached hydrogens (primary N) is 1. The largest absolute Gasteiger partial charge is 0.478 e. The molecule has 0 spiro atoms. The topological polar surface area (TPSA) is 133 Å². The van der Waals surface area contributed by atoms with E-state index >= 15 is 0 Å². The van der Waals surface area contributed by atoms with Crippen LogP contribution in [0.3, 0.4) is 0 Å². The first kappa shape index (κ1) is 18.7. The summed E-state index contributed by atoms with van der Waals surface area (Å²) in [6.45, 7) is 0. The zero-order chi connectivity index (χ0) is 20.5. The number of nitrogens with zero attached hydrogens (tertiary/aromatic N) is 3. The van der Waals surface area contributed by atoms with Gasteiger partial charge in [-0.1, -0.05) is 0 Å². The molecular formula is C19H18N6O3S. The van der Waals surface area contributed by atoms with Gasteiger partial charge < -0.3 is 26.4 Å². The fraction of sp³-hybridized carbons (Fsp3) is 0.158. The molecule has 0 aliphatic carbocycles. The van der Waals surface area contributed by atoms with E-state index < -0.39 is 24.1 Å². The van der Waals surface area contributed by atoms with Gasteiger partial charge in [-0.05, 0) is 40.6 Å². The second kappa shape index (κ2) is 7.40. The van der Waals surface area contributed by atoms with Crippen molar-refractivity contribution in [3.63, 3.8) is 0 Å². The number of amides is 1. The number of fused-ring (bicyclic) bond motifs is 1. The molecule has 3 aromatic heterocycles. The highest BCUT2D eigenvalue weighted by Gasteiger charge is 2.42. The first-order valence-electron chi connectivity index (χ1n) is 8.73. The van der Waals surface area contributed by atoms with Gasteiger partial charge in [-0.15, -0.1) is 0 Å². The molecule has 0 saturated carbocycles. The monoisotopic (exact) mass is 410 g/mol. The number of carbonyl (C=O) groups excluding carboxylic acids is 1. The van der Waals surface area contributed by atoms with E-state index in [1.807, 2.05) is 16.8 Å². The van der Waals surface area contributed by atoms with Crippen LogP contribution in [0, 0.1) is 0 Å². The summed E-state index contributed by atoms with van der Waals surface area (Å²) in [5, 5.41) is 19.8. The third kappa shape index (κ3) is 3.23. The lowest BCUT2D eigenvalue weighted by Gasteiger charge is -2.33. The van der Waals surface area contributed by atoms with Crippen LogP contribution < -0.4 is 21.3 Å². The predicted molar refractivity (Wildman–Crippen MR) is 110 cm³/mol. The Morgan fingerprint density at radius 2 is 2.10 bits per heavy atom. The Bertz CT molecular complexity index is 1070. The highest BCUT2D eigenvalue weighted by Crippen LogP contribution is 2.47. The molecule has 0 radical (unpaired) electrons. The van der Waals surface area contributed by atoms with Crippen molar-refractivity contribution >= 4 is 40.5 Å². The molecule has 1 aliphatic heterocycles. The number of nitrogens with one attached hydrogen (secondary N) is 2. The number of pyridine rings is 2. The summed E-state index contributed by atoms with van der Waals surface area (Å²) in [5.41, 5.74) is 7.65. The molecule has 4 heterocycles. The van der Waals surface area contributed by atoms with E-state index in [9.17, 15) is 14.7 Å². The van der Waals surface area contributed by atoms with E-state index in [0.717, 1.165) is 5.56 Å². The van der Waals surface area contributed by atoms with Gasteiger partial charge in [-0.3, -0.25) is 4.79 Å². The van der Waals surface area contributed by atoms with Crippen molar-refractivity contribution in [2.75, 3.05) is 22.6 Å². The van der Waals surface area contributed by atoms with Crippen LogP contribution >= 0.6 is 11.3 Å². The smallest absolute Gasteiger partial charge is 0.338 e. The minimum absolute atomic E-state index is 0.0365. The average molecular weight is 410 g/mol. The molecule has 2 unspecified atom stereocenters. The number of aromatic nitrogens is 2. The van der Waals surface area contributed by atoms with E-state index in [1.54, 1.807) is 30.3 Å². The maximum absolute atomic E-state index is 12.6. The first-order valence-corrected chi connectivity index (χ1v) is 9.68. The van der Waals surface area contributed by atoms with Crippen LogP contribution in [0.4, 0.5) is 17.3 Å². The van der Waals surface area contributed by atoms with Crippen molar-refractivity contribution in [3.8, 4) is 0 Å². The van der Waals surface area contributed by atoms with Gasteiger partial charge in [0, 0.05) is 25.0 Å². The molecule has 0 aromatic carbocycles. The standard InChI is InChI=1S/C19H18N6O3S/c1-21-13-8-10(2-5-22-13)14(16(20)26)25-15-12(19(27)28)3-6-23-17(15)24-18(25)11-4-7-29-9-11/h2-9,14,18H,1H3,(H2,20,26)(H,21,22)(H,23,24)(H,27,28). The number of rotatable bonds is 6. The van der Waals surface area contributed by atoms with Gasteiger partial charge in [0.2, 0.25) is 5.91 Å². The maximum atomic E-state index is 12.6. The van der Waals surface area contributed by atoms with Crippen LogP contribution in [0.2, 0.25) is 0 Å². The van der Waals surface area contributed by atoms with Gasteiger partial charge in [-0.25, -0.2) is 14.8 Å². The molecule has 10 heteroatoms. The van der Waals surface area contributed by atoms with Gasteiger partial charge >= 0.3 is 5.97 Å². The Balaban J connectivity index is 1.93. The number of anilines is 3. The van der Waals surface area contributed by atoms with Gasteiger partial charge in [0.1, 0.15) is 18.0 Å². The average Bonchev–Trinajstić information content (AvgIpc) is 3.36. The zero-order valence-corrected chi connectivity index (χ0v) is 16.2. The summed E-state index contributed by atoms with van der Waals surface area (Å²) in [7, 11) is 1.72. The number of hydrogen-bond donors (Lipinski definition) is 4. The van der Waals surface area contributed by atoms with E-state index in [2.05, 4.69) is 20.6 Å².